The molecule has 0 unspecified atom stereocenters. The van der Waals surface area contributed by atoms with Gasteiger partial charge in [0.25, 0.3) is 0 Å². The van der Waals surface area contributed by atoms with E-state index in [1.165, 1.54) is 0 Å². The van der Waals surface area contributed by atoms with Crippen LogP contribution in [-0.2, 0) is 6.54 Å². The molecule has 0 bridgehead atoms. The van der Waals surface area contributed by atoms with Crippen LogP contribution in [0.25, 0.3) is 11.5 Å². The molecule has 6 nitrogen and oxygen atoms in total. The van der Waals surface area contributed by atoms with Crippen molar-refractivity contribution in [1.29, 1.82) is 0 Å². The molecular formula is C15H19N5O. The Bertz CT molecular complexity index is 722. The number of rotatable bonds is 5. The number of nitrogens with zero attached hydrogens (tertiary/aromatic N) is 3. The largest absolute Gasteiger partial charge is 0.460 e. The summed E-state index contributed by atoms with van der Waals surface area (Å²) in [6.07, 6.45) is 5.64. The zero-order valence-electron chi connectivity index (χ0n) is 12.4. The normalized spacial score (nSPS) is 11.2. The van der Waals surface area contributed by atoms with E-state index in [9.17, 15) is 0 Å². The average Bonchev–Trinajstić information content (AvgIpc) is 3.15. The molecule has 0 atom stereocenters. The summed E-state index contributed by atoms with van der Waals surface area (Å²) in [5, 5.41) is 14.8. The lowest BCUT2D eigenvalue weighted by Crippen LogP contribution is -2.01. The topological polar surface area (TPSA) is 71.7 Å². The molecule has 3 aromatic rings. The summed E-state index contributed by atoms with van der Waals surface area (Å²) in [6, 6.07) is 4.25. The van der Waals surface area contributed by atoms with E-state index in [0.29, 0.717) is 12.6 Å². The standard InChI is InChI=1S/C15H19N5O/c1-10(2)20-9-13(8-18-20)16-6-12-7-17-19-15(12)14-5-4-11(3)21-14/h4-5,7-10,16H,6H2,1-3H3,(H,17,19). The molecular weight excluding hydrogens is 266 g/mol. The van der Waals surface area contributed by atoms with Gasteiger partial charge in [0.15, 0.2) is 5.76 Å². The van der Waals surface area contributed by atoms with Crippen molar-refractivity contribution in [1.82, 2.24) is 20.0 Å². The molecule has 0 saturated carbocycles. The van der Waals surface area contributed by atoms with Crippen LogP contribution in [0.15, 0.2) is 35.1 Å². The zero-order valence-corrected chi connectivity index (χ0v) is 12.4. The number of anilines is 1. The molecule has 110 valence electrons. The fourth-order valence-corrected chi connectivity index (χ4v) is 2.14. The van der Waals surface area contributed by atoms with Crippen molar-refractivity contribution in [2.24, 2.45) is 0 Å². The molecule has 0 aliphatic rings. The highest BCUT2D eigenvalue weighted by molar-refractivity contribution is 5.57. The van der Waals surface area contributed by atoms with Gasteiger partial charge in [0, 0.05) is 24.3 Å². The fraction of sp³-hybridized carbons (Fsp3) is 0.333. The molecule has 0 amide bonds. The Hall–Kier alpha value is -2.50. The monoisotopic (exact) mass is 285 g/mol. The molecule has 0 aliphatic heterocycles. The van der Waals surface area contributed by atoms with Crippen LogP contribution in [-0.4, -0.2) is 20.0 Å². The zero-order chi connectivity index (χ0) is 14.8. The average molecular weight is 285 g/mol. The highest BCUT2D eigenvalue weighted by Crippen LogP contribution is 2.24. The minimum Gasteiger partial charge on any atom is -0.460 e. The predicted octanol–water partition coefficient (Wildman–Crippen LogP) is 3.37. The van der Waals surface area contributed by atoms with E-state index >= 15 is 0 Å². The maximum Gasteiger partial charge on any atom is 0.152 e. The van der Waals surface area contributed by atoms with Crippen molar-refractivity contribution >= 4 is 5.69 Å². The van der Waals surface area contributed by atoms with Crippen LogP contribution in [0, 0.1) is 6.92 Å². The Morgan fingerprint density at radius 3 is 2.86 bits per heavy atom. The lowest BCUT2D eigenvalue weighted by Gasteiger charge is -2.05. The second-order valence-electron chi connectivity index (χ2n) is 5.34. The van der Waals surface area contributed by atoms with E-state index in [0.717, 1.165) is 28.5 Å². The second kappa shape index (κ2) is 5.47. The minimum atomic E-state index is 0.358. The first-order valence-corrected chi connectivity index (χ1v) is 7.00. The van der Waals surface area contributed by atoms with E-state index in [2.05, 4.69) is 34.5 Å². The first-order chi connectivity index (χ1) is 10.1. The smallest absolute Gasteiger partial charge is 0.152 e. The van der Waals surface area contributed by atoms with Gasteiger partial charge in [-0.2, -0.15) is 10.2 Å². The SMILES string of the molecule is Cc1ccc(-c2[nH]ncc2CNc2cnn(C(C)C)c2)o1. The highest BCUT2D eigenvalue weighted by atomic mass is 16.3. The molecule has 0 aliphatic carbocycles. The third-order valence-corrected chi connectivity index (χ3v) is 3.32. The van der Waals surface area contributed by atoms with Crippen molar-refractivity contribution in [2.75, 3.05) is 5.32 Å². The lowest BCUT2D eigenvalue weighted by molar-refractivity contribution is 0.532. The molecule has 2 N–H and O–H groups in total. The summed E-state index contributed by atoms with van der Waals surface area (Å²) in [5.74, 6) is 1.69. The van der Waals surface area contributed by atoms with Crippen molar-refractivity contribution in [3.63, 3.8) is 0 Å². The number of furan rings is 1. The quantitative estimate of drug-likeness (QED) is 0.754. The number of hydrogen-bond donors (Lipinski definition) is 2. The van der Waals surface area contributed by atoms with Crippen LogP contribution in [0.3, 0.4) is 0 Å². The number of aromatic amines is 1. The number of hydrogen-bond acceptors (Lipinski definition) is 4. The minimum absolute atomic E-state index is 0.358. The Morgan fingerprint density at radius 2 is 2.19 bits per heavy atom. The Morgan fingerprint density at radius 1 is 1.33 bits per heavy atom. The van der Waals surface area contributed by atoms with Gasteiger partial charge in [0.2, 0.25) is 0 Å². The van der Waals surface area contributed by atoms with Gasteiger partial charge in [0.1, 0.15) is 11.5 Å². The molecule has 0 aromatic carbocycles. The maximum absolute atomic E-state index is 5.64. The van der Waals surface area contributed by atoms with Crippen LogP contribution < -0.4 is 5.32 Å². The van der Waals surface area contributed by atoms with Crippen LogP contribution >= 0.6 is 0 Å². The molecule has 0 spiro atoms. The van der Waals surface area contributed by atoms with E-state index < -0.39 is 0 Å². The Labute approximate surface area is 123 Å². The van der Waals surface area contributed by atoms with E-state index in [1.807, 2.05) is 42.3 Å². The van der Waals surface area contributed by atoms with Gasteiger partial charge >= 0.3 is 0 Å². The second-order valence-corrected chi connectivity index (χ2v) is 5.34. The summed E-state index contributed by atoms with van der Waals surface area (Å²) in [5.41, 5.74) is 2.96. The van der Waals surface area contributed by atoms with Crippen molar-refractivity contribution < 1.29 is 4.42 Å². The lowest BCUT2D eigenvalue weighted by atomic mass is 10.2. The summed E-state index contributed by atoms with van der Waals surface area (Å²) in [6.45, 7) is 6.79. The van der Waals surface area contributed by atoms with Gasteiger partial charge in [0.05, 0.1) is 18.1 Å². The van der Waals surface area contributed by atoms with Crippen LogP contribution in [0.1, 0.15) is 31.2 Å². The van der Waals surface area contributed by atoms with Crippen LogP contribution in [0.4, 0.5) is 5.69 Å². The van der Waals surface area contributed by atoms with Crippen molar-refractivity contribution in [3.8, 4) is 11.5 Å². The van der Waals surface area contributed by atoms with Crippen LogP contribution in [0.5, 0.6) is 0 Å². The number of aryl methyl sites for hydroxylation is 1. The predicted molar refractivity (Wildman–Crippen MR) is 81.0 cm³/mol. The van der Waals surface area contributed by atoms with Gasteiger partial charge in [-0.05, 0) is 32.9 Å². The van der Waals surface area contributed by atoms with E-state index in [4.69, 9.17) is 4.42 Å². The summed E-state index contributed by atoms with van der Waals surface area (Å²) in [7, 11) is 0. The maximum atomic E-state index is 5.64. The first-order valence-electron chi connectivity index (χ1n) is 7.00. The van der Waals surface area contributed by atoms with Gasteiger partial charge in [-0.1, -0.05) is 0 Å². The Kier molecular flexibility index (Phi) is 3.51. The molecule has 0 fully saturated rings. The van der Waals surface area contributed by atoms with Gasteiger partial charge < -0.3 is 9.73 Å². The number of nitrogens with one attached hydrogen (secondary N) is 2. The molecule has 3 heterocycles. The summed E-state index contributed by atoms with van der Waals surface area (Å²) >= 11 is 0. The number of aromatic nitrogens is 4. The van der Waals surface area contributed by atoms with Crippen molar-refractivity contribution in [3.05, 3.63) is 42.0 Å². The molecule has 3 rings (SSSR count). The van der Waals surface area contributed by atoms with E-state index in [1.54, 1.807) is 0 Å². The first kappa shape index (κ1) is 13.5. The van der Waals surface area contributed by atoms with Gasteiger partial charge in [-0.3, -0.25) is 9.78 Å². The number of H-pyrrole nitrogens is 1. The Balaban J connectivity index is 1.72. The summed E-state index contributed by atoms with van der Waals surface area (Å²) in [4.78, 5) is 0. The molecule has 0 radical (unpaired) electrons. The van der Waals surface area contributed by atoms with Crippen molar-refractivity contribution in [2.45, 2.75) is 33.4 Å². The van der Waals surface area contributed by atoms with Gasteiger partial charge in [-0.25, -0.2) is 0 Å². The molecule has 6 heteroatoms. The fourth-order valence-electron chi connectivity index (χ4n) is 2.14. The molecule has 21 heavy (non-hydrogen) atoms. The van der Waals surface area contributed by atoms with Gasteiger partial charge in [-0.15, -0.1) is 0 Å². The molecule has 3 aromatic heterocycles. The summed E-state index contributed by atoms with van der Waals surface area (Å²) < 4.78 is 7.57. The molecule has 0 saturated heterocycles. The van der Waals surface area contributed by atoms with Crippen LogP contribution in [0.2, 0.25) is 0 Å². The highest BCUT2D eigenvalue weighted by Gasteiger charge is 2.11. The van der Waals surface area contributed by atoms with E-state index in [-0.39, 0.29) is 0 Å². The third-order valence-electron chi connectivity index (χ3n) is 3.32. The third kappa shape index (κ3) is 2.84.